The zero-order valence-electron chi connectivity index (χ0n) is 25.2. The molecular weight excluding hydrogens is 653 g/mol. The highest BCUT2D eigenvalue weighted by molar-refractivity contribution is 7.99. The minimum Gasteiger partial charge on any atom is -0.379 e. The molecule has 46 heavy (non-hydrogen) atoms. The molecule has 248 valence electrons. The first-order valence-electron chi connectivity index (χ1n) is 14.9. The standard InChI is InChI=1S/C31H33ClF5N5O3S/c1-4-25(43)42-16(2)12-40(13-17(42)3)29-20-9-21(31(35,36)37)26(19-10-22(32)24(34)11-23(19)33)28-27(20)41(30(44)38-29)14-18(15-46-28)39-5-7-45-8-6-39/h4,9-11,16-18,25,43H,1,5-8,12-15H2,2-3H3/t16-,17+,18-,25?/m0/s1. The van der Waals surface area contributed by atoms with Crippen molar-refractivity contribution in [3.05, 3.63) is 63.6 Å². The molecule has 8 nitrogen and oxygen atoms in total. The van der Waals surface area contributed by atoms with E-state index in [9.17, 15) is 14.3 Å². The van der Waals surface area contributed by atoms with Crippen LogP contribution in [0.2, 0.25) is 5.02 Å². The van der Waals surface area contributed by atoms with Crippen LogP contribution in [0.1, 0.15) is 19.4 Å². The summed E-state index contributed by atoms with van der Waals surface area (Å²) in [7, 11) is 0. The second kappa shape index (κ2) is 12.7. The number of aliphatic hydroxyl groups is 1. The molecule has 3 aliphatic heterocycles. The van der Waals surface area contributed by atoms with Crippen molar-refractivity contribution in [2.75, 3.05) is 50.0 Å². The number of aromatic nitrogens is 2. The monoisotopic (exact) mass is 685 g/mol. The summed E-state index contributed by atoms with van der Waals surface area (Å²) in [6.45, 7) is 10.1. The molecule has 0 aliphatic carbocycles. The number of halogens is 6. The topological polar surface area (TPSA) is 74.1 Å². The third kappa shape index (κ3) is 5.92. The average Bonchev–Trinajstić information content (AvgIpc) is 3.21. The summed E-state index contributed by atoms with van der Waals surface area (Å²) < 4.78 is 81.6. The Morgan fingerprint density at radius 3 is 2.41 bits per heavy atom. The highest BCUT2D eigenvalue weighted by Crippen LogP contribution is 2.49. The lowest BCUT2D eigenvalue weighted by atomic mass is 9.95. The number of hydrogen-bond donors (Lipinski definition) is 1. The maximum atomic E-state index is 15.4. The fraction of sp³-hybridized carbons (Fsp3) is 0.484. The Morgan fingerprint density at radius 2 is 1.78 bits per heavy atom. The zero-order chi connectivity index (χ0) is 33.1. The Bertz CT molecular complexity index is 1720. The van der Waals surface area contributed by atoms with Crippen LogP contribution in [0.25, 0.3) is 22.0 Å². The molecule has 4 heterocycles. The Labute approximate surface area is 271 Å². The molecule has 0 saturated carbocycles. The van der Waals surface area contributed by atoms with Crippen LogP contribution in [0.5, 0.6) is 0 Å². The molecule has 2 saturated heterocycles. The SMILES string of the molecule is C=CC(O)N1[C@H](C)CN(c2nc(=O)n3c4c(c(-c5cc(Cl)c(F)cc5F)c(C(F)(F)F)cc24)SC[C@@H](N2CCOCC2)C3)C[C@@H]1C. The van der Waals surface area contributed by atoms with E-state index in [1.807, 2.05) is 18.7 Å². The van der Waals surface area contributed by atoms with Gasteiger partial charge >= 0.3 is 11.9 Å². The third-order valence-corrected chi connectivity index (χ3v) is 10.5. The zero-order valence-corrected chi connectivity index (χ0v) is 26.7. The minimum absolute atomic E-state index is 0.0460. The molecule has 1 aromatic heterocycles. The van der Waals surface area contributed by atoms with Gasteiger partial charge in [-0.1, -0.05) is 18.2 Å². The van der Waals surface area contributed by atoms with Crippen molar-refractivity contribution in [3.8, 4) is 11.1 Å². The van der Waals surface area contributed by atoms with E-state index in [2.05, 4.69) is 16.5 Å². The van der Waals surface area contributed by atoms with Gasteiger partial charge < -0.3 is 14.7 Å². The van der Waals surface area contributed by atoms with Crippen LogP contribution in [0, 0.1) is 11.6 Å². The number of anilines is 1. The Morgan fingerprint density at radius 1 is 1.11 bits per heavy atom. The molecule has 2 aromatic carbocycles. The second-order valence-corrected chi connectivity index (χ2v) is 13.3. The molecule has 4 atom stereocenters. The van der Waals surface area contributed by atoms with Crippen LogP contribution in [-0.4, -0.2) is 94.0 Å². The summed E-state index contributed by atoms with van der Waals surface area (Å²) in [4.78, 5) is 24.1. The maximum Gasteiger partial charge on any atom is 0.417 e. The van der Waals surface area contributed by atoms with Crippen LogP contribution in [0.3, 0.4) is 0 Å². The van der Waals surface area contributed by atoms with Gasteiger partial charge in [0.15, 0.2) is 0 Å². The van der Waals surface area contributed by atoms with E-state index >= 15 is 17.6 Å². The van der Waals surface area contributed by atoms with Gasteiger partial charge in [0, 0.05) is 84.1 Å². The van der Waals surface area contributed by atoms with Gasteiger partial charge in [-0.25, -0.2) is 13.6 Å². The third-order valence-electron chi connectivity index (χ3n) is 8.96. The molecule has 0 bridgehead atoms. The van der Waals surface area contributed by atoms with E-state index in [0.29, 0.717) is 38.1 Å². The van der Waals surface area contributed by atoms with Gasteiger partial charge in [0.2, 0.25) is 0 Å². The van der Waals surface area contributed by atoms with Crippen molar-refractivity contribution in [3.63, 3.8) is 0 Å². The normalized spacial score (nSPS) is 23.8. The highest BCUT2D eigenvalue weighted by atomic mass is 35.5. The van der Waals surface area contributed by atoms with E-state index in [-0.39, 0.29) is 59.4 Å². The lowest BCUT2D eigenvalue weighted by molar-refractivity contribution is -0.137. The molecule has 3 aromatic rings. The van der Waals surface area contributed by atoms with Crippen LogP contribution < -0.4 is 10.6 Å². The van der Waals surface area contributed by atoms with E-state index in [0.717, 1.165) is 23.9 Å². The number of rotatable bonds is 5. The Balaban J connectivity index is 1.63. The van der Waals surface area contributed by atoms with Crippen molar-refractivity contribution in [1.82, 2.24) is 19.4 Å². The molecule has 1 N–H and O–H groups in total. The molecule has 1 unspecified atom stereocenters. The largest absolute Gasteiger partial charge is 0.417 e. The van der Waals surface area contributed by atoms with Gasteiger partial charge in [-0.3, -0.25) is 14.4 Å². The number of nitrogens with zero attached hydrogens (tertiary/aromatic N) is 5. The number of alkyl halides is 3. The summed E-state index contributed by atoms with van der Waals surface area (Å²) in [6.07, 6.45) is -4.50. The van der Waals surface area contributed by atoms with Crippen molar-refractivity contribution in [1.29, 1.82) is 0 Å². The average molecular weight is 686 g/mol. The molecule has 0 spiro atoms. The maximum absolute atomic E-state index is 15.4. The quantitative estimate of drug-likeness (QED) is 0.223. The van der Waals surface area contributed by atoms with Gasteiger partial charge in [0.1, 0.15) is 23.7 Å². The van der Waals surface area contributed by atoms with Crippen LogP contribution in [0.4, 0.5) is 27.8 Å². The van der Waals surface area contributed by atoms with Gasteiger partial charge in [-0.2, -0.15) is 18.2 Å². The predicted octanol–water partition coefficient (Wildman–Crippen LogP) is 5.22. The van der Waals surface area contributed by atoms with Crippen LogP contribution in [0.15, 0.2) is 40.5 Å². The minimum atomic E-state index is -4.96. The molecule has 6 rings (SSSR count). The van der Waals surface area contributed by atoms with Crippen molar-refractivity contribution >= 4 is 40.1 Å². The summed E-state index contributed by atoms with van der Waals surface area (Å²) in [6, 6.07) is 1.44. The number of aliphatic hydroxyl groups excluding tert-OH is 1. The first kappa shape index (κ1) is 33.2. The molecule has 15 heteroatoms. The number of thioether (sulfide) groups is 1. The number of morpholine rings is 1. The molecule has 3 aliphatic rings. The van der Waals surface area contributed by atoms with Gasteiger partial charge in [0.05, 0.1) is 29.3 Å². The summed E-state index contributed by atoms with van der Waals surface area (Å²) in [5.74, 6) is -1.94. The Kier molecular flexibility index (Phi) is 9.15. The predicted molar refractivity (Wildman–Crippen MR) is 167 cm³/mol. The number of piperazine rings is 1. The lowest BCUT2D eigenvalue weighted by Gasteiger charge is -2.46. The number of ether oxygens (including phenoxy) is 1. The smallest absolute Gasteiger partial charge is 0.379 e. The van der Waals surface area contributed by atoms with Gasteiger partial charge in [-0.05, 0) is 32.1 Å². The molecular formula is C31H33ClF5N5O3S. The summed E-state index contributed by atoms with van der Waals surface area (Å²) in [5, 5.41) is 10.1. The van der Waals surface area contributed by atoms with Crippen molar-refractivity contribution in [2.24, 2.45) is 0 Å². The first-order valence-corrected chi connectivity index (χ1v) is 16.3. The summed E-state index contributed by atoms with van der Waals surface area (Å²) >= 11 is 7.10. The lowest BCUT2D eigenvalue weighted by Crippen LogP contribution is -2.60. The van der Waals surface area contributed by atoms with E-state index < -0.39 is 51.4 Å². The number of benzene rings is 2. The summed E-state index contributed by atoms with van der Waals surface area (Å²) in [5.41, 5.74) is -2.62. The van der Waals surface area contributed by atoms with Gasteiger partial charge in [0.25, 0.3) is 0 Å². The van der Waals surface area contributed by atoms with Crippen LogP contribution >= 0.6 is 23.4 Å². The van der Waals surface area contributed by atoms with Crippen LogP contribution in [-0.2, 0) is 17.5 Å². The molecule has 0 amide bonds. The van der Waals surface area contributed by atoms with E-state index in [1.165, 1.54) is 10.6 Å². The van der Waals surface area contributed by atoms with Gasteiger partial charge in [-0.15, -0.1) is 11.8 Å². The van der Waals surface area contributed by atoms with Crippen molar-refractivity contribution < 1.29 is 31.8 Å². The Hall–Kier alpha value is -2.75. The van der Waals surface area contributed by atoms with Crippen molar-refractivity contribution in [2.45, 2.75) is 55.8 Å². The highest BCUT2D eigenvalue weighted by Gasteiger charge is 2.41. The van der Waals surface area contributed by atoms with E-state index in [1.54, 1.807) is 4.90 Å². The number of hydrogen-bond acceptors (Lipinski definition) is 8. The second-order valence-electron chi connectivity index (χ2n) is 11.9. The fourth-order valence-corrected chi connectivity index (χ4v) is 8.47. The van der Waals surface area contributed by atoms with E-state index in [4.69, 9.17) is 16.3 Å². The molecule has 2 fully saturated rings. The fourth-order valence-electron chi connectivity index (χ4n) is 6.91. The first-order chi connectivity index (χ1) is 21.8. The molecule has 0 radical (unpaired) electrons.